The number of ether oxygens (including phenoxy) is 1. The lowest BCUT2D eigenvalue weighted by atomic mass is 10.2. The van der Waals surface area contributed by atoms with E-state index in [1.165, 1.54) is 38.5 Å². The first-order valence-corrected chi connectivity index (χ1v) is 9.79. The van der Waals surface area contributed by atoms with Gasteiger partial charge in [0.25, 0.3) is 0 Å². The molecule has 0 unspecified atom stereocenters. The first kappa shape index (κ1) is 20.2. The summed E-state index contributed by atoms with van der Waals surface area (Å²) in [6.07, 6.45) is 2.33. The average Bonchev–Trinajstić information content (AvgIpc) is 2.60. The first-order valence-electron chi connectivity index (χ1n) is 7.97. The molecule has 0 spiro atoms. The highest BCUT2D eigenvalue weighted by atomic mass is 35.5. The summed E-state index contributed by atoms with van der Waals surface area (Å²) in [4.78, 5) is 4.21. The summed E-state index contributed by atoms with van der Waals surface area (Å²) >= 11 is 6.01. The molecule has 0 radical (unpaired) electrons. The number of rotatable bonds is 7. The molecule has 6 nitrogen and oxygen atoms in total. The molecule has 1 N–H and O–H groups in total. The van der Waals surface area contributed by atoms with Crippen LogP contribution < -0.4 is 4.74 Å². The minimum absolute atomic E-state index is 0.0219. The van der Waals surface area contributed by atoms with Crippen LogP contribution in [0.1, 0.15) is 18.9 Å². The molecule has 0 saturated carbocycles. The zero-order chi connectivity index (χ0) is 19.3. The van der Waals surface area contributed by atoms with Gasteiger partial charge >= 0.3 is 0 Å². The molecule has 0 aliphatic heterocycles. The minimum Gasteiger partial charge on any atom is -0.507 e. The number of aliphatic imine (C=N–C) groups is 1. The number of phenolic OH excluding ortho intramolecular Hbond substituents is 1. The summed E-state index contributed by atoms with van der Waals surface area (Å²) in [6, 6.07) is 9.40. The topological polar surface area (TPSA) is 79.2 Å². The third kappa shape index (κ3) is 4.75. The maximum Gasteiger partial charge on any atom is 0.244 e. The summed E-state index contributed by atoms with van der Waals surface area (Å²) in [5.41, 5.74) is 0.890. The maximum absolute atomic E-state index is 12.3. The van der Waals surface area contributed by atoms with Crippen molar-refractivity contribution in [2.45, 2.75) is 18.2 Å². The Labute approximate surface area is 158 Å². The average molecular weight is 397 g/mol. The van der Waals surface area contributed by atoms with Crippen LogP contribution >= 0.6 is 11.6 Å². The van der Waals surface area contributed by atoms with E-state index in [2.05, 4.69) is 4.99 Å². The lowest BCUT2D eigenvalue weighted by Gasteiger charge is -2.13. The maximum atomic E-state index is 12.3. The van der Waals surface area contributed by atoms with Crippen molar-refractivity contribution in [1.82, 2.24) is 4.31 Å². The second-order valence-corrected chi connectivity index (χ2v) is 8.26. The molecule has 2 rings (SSSR count). The predicted octanol–water partition coefficient (Wildman–Crippen LogP) is 3.84. The van der Waals surface area contributed by atoms with Crippen LogP contribution in [0, 0.1) is 0 Å². The number of halogens is 1. The van der Waals surface area contributed by atoms with Crippen LogP contribution in [-0.4, -0.2) is 44.7 Å². The summed E-state index contributed by atoms with van der Waals surface area (Å²) < 4.78 is 31.1. The Morgan fingerprint density at radius 1 is 1.23 bits per heavy atom. The van der Waals surface area contributed by atoms with E-state index in [-0.39, 0.29) is 15.7 Å². The third-order valence-electron chi connectivity index (χ3n) is 3.50. The quantitative estimate of drug-likeness (QED) is 0.721. The summed E-state index contributed by atoms with van der Waals surface area (Å²) in [6.45, 7) is 2.57. The van der Waals surface area contributed by atoms with Gasteiger partial charge in [0, 0.05) is 31.9 Å². The molecular weight excluding hydrogens is 376 g/mol. The van der Waals surface area contributed by atoms with E-state index in [0.717, 1.165) is 10.7 Å². The molecule has 0 fully saturated rings. The molecular formula is C18H21ClN2O4S. The van der Waals surface area contributed by atoms with Crippen LogP contribution in [0.5, 0.6) is 11.5 Å². The number of benzene rings is 2. The highest BCUT2D eigenvalue weighted by Crippen LogP contribution is 2.29. The molecule has 0 bridgehead atoms. The van der Waals surface area contributed by atoms with Crippen molar-refractivity contribution in [3.05, 3.63) is 47.0 Å². The largest absolute Gasteiger partial charge is 0.507 e. The zero-order valence-corrected chi connectivity index (χ0v) is 16.4. The Kier molecular flexibility index (Phi) is 6.63. The Balaban J connectivity index is 2.29. The van der Waals surface area contributed by atoms with E-state index in [0.29, 0.717) is 23.6 Å². The van der Waals surface area contributed by atoms with Gasteiger partial charge in [-0.1, -0.05) is 18.5 Å². The molecule has 8 heteroatoms. The van der Waals surface area contributed by atoms with Crippen LogP contribution in [0.2, 0.25) is 5.02 Å². The number of hydrogen-bond acceptors (Lipinski definition) is 5. The third-order valence-corrected chi connectivity index (χ3v) is 5.80. The van der Waals surface area contributed by atoms with Crippen molar-refractivity contribution in [3.63, 3.8) is 0 Å². The van der Waals surface area contributed by atoms with E-state index >= 15 is 0 Å². The molecule has 2 aromatic carbocycles. The highest BCUT2D eigenvalue weighted by Gasteiger charge is 2.21. The highest BCUT2D eigenvalue weighted by molar-refractivity contribution is 7.89. The molecule has 140 valence electrons. The van der Waals surface area contributed by atoms with Crippen molar-refractivity contribution in [3.8, 4) is 11.5 Å². The Hall–Kier alpha value is -2.09. The molecule has 26 heavy (non-hydrogen) atoms. The van der Waals surface area contributed by atoms with E-state index in [1.807, 2.05) is 6.92 Å². The van der Waals surface area contributed by atoms with Crippen LogP contribution in [0.25, 0.3) is 0 Å². The van der Waals surface area contributed by atoms with Gasteiger partial charge in [0.1, 0.15) is 16.4 Å². The van der Waals surface area contributed by atoms with Crippen LogP contribution in [0.3, 0.4) is 0 Å². The van der Waals surface area contributed by atoms with Crippen molar-refractivity contribution < 1.29 is 18.3 Å². The molecule has 0 aliphatic rings. The van der Waals surface area contributed by atoms with Crippen molar-refractivity contribution in [2.24, 2.45) is 4.99 Å². The number of aromatic hydroxyl groups is 1. The Bertz CT molecular complexity index is 911. The molecule has 0 aliphatic carbocycles. The van der Waals surface area contributed by atoms with E-state index < -0.39 is 10.0 Å². The normalized spacial score (nSPS) is 12.0. The zero-order valence-electron chi connectivity index (χ0n) is 14.8. The van der Waals surface area contributed by atoms with Crippen LogP contribution in [-0.2, 0) is 10.0 Å². The van der Waals surface area contributed by atoms with Gasteiger partial charge in [-0.05, 0) is 36.8 Å². The second kappa shape index (κ2) is 8.53. The standard InChI is InChI=1S/C18H21ClN2O4S/c1-4-9-25-15-7-5-13(17(22)11-15)12-20-14-6-8-16(19)18(10-14)26(23,24)21(2)3/h5-8,10-12,22H,4,9H2,1-3H3. The van der Waals surface area contributed by atoms with Gasteiger partial charge in [-0.15, -0.1) is 0 Å². The smallest absolute Gasteiger partial charge is 0.244 e. The lowest BCUT2D eigenvalue weighted by Crippen LogP contribution is -2.22. The van der Waals surface area contributed by atoms with Crippen molar-refractivity contribution in [1.29, 1.82) is 0 Å². The number of hydrogen-bond donors (Lipinski definition) is 1. The molecule has 0 amide bonds. The molecule has 2 aromatic rings. The Morgan fingerprint density at radius 3 is 2.58 bits per heavy atom. The minimum atomic E-state index is -3.67. The SMILES string of the molecule is CCCOc1ccc(C=Nc2ccc(Cl)c(S(=O)(=O)N(C)C)c2)c(O)c1. The van der Waals surface area contributed by atoms with E-state index in [9.17, 15) is 13.5 Å². The number of phenols is 1. The van der Waals surface area contributed by atoms with E-state index in [4.69, 9.17) is 16.3 Å². The molecule has 0 heterocycles. The van der Waals surface area contributed by atoms with Crippen molar-refractivity contribution >= 4 is 33.5 Å². The fourth-order valence-corrected chi connectivity index (χ4v) is 3.44. The van der Waals surface area contributed by atoms with Crippen LogP contribution in [0.4, 0.5) is 5.69 Å². The summed E-state index contributed by atoms with van der Waals surface area (Å²) in [5.74, 6) is 0.602. The van der Waals surface area contributed by atoms with Gasteiger partial charge in [-0.3, -0.25) is 4.99 Å². The molecule has 0 saturated heterocycles. The van der Waals surface area contributed by atoms with Crippen molar-refractivity contribution in [2.75, 3.05) is 20.7 Å². The van der Waals surface area contributed by atoms with Gasteiger partial charge in [-0.25, -0.2) is 12.7 Å². The summed E-state index contributed by atoms with van der Waals surface area (Å²) in [7, 11) is -0.809. The summed E-state index contributed by atoms with van der Waals surface area (Å²) in [5, 5.41) is 10.2. The van der Waals surface area contributed by atoms with Gasteiger partial charge < -0.3 is 9.84 Å². The predicted molar refractivity (Wildman–Crippen MR) is 103 cm³/mol. The van der Waals surface area contributed by atoms with Gasteiger partial charge in [0.05, 0.1) is 17.3 Å². The van der Waals surface area contributed by atoms with Gasteiger partial charge in [0.2, 0.25) is 10.0 Å². The van der Waals surface area contributed by atoms with Gasteiger partial charge in [-0.2, -0.15) is 0 Å². The first-order chi connectivity index (χ1) is 12.3. The van der Waals surface area contributed by atoms with Crippen LogP contribution in [0.15, 0.2) is 46.3 Å². The molecule has 0 atom stereocenters. The number of sulfonamides is 1. The Morgan fingerprint density at radius 2 is 1.96 bits per heavy atom. The fourth-order valence-electron chi connectivity index (χ4n) is 2.05. The van der Waals surface area contributed by atoms with E-state index in [1.54, 1.807) is 18.2 Å². The van der Waals surface area contributed by atoms with Gasteiger partial charge in [0.15, 0.2) is 0 Å². The monoisotopic (exact) mass is 396 g/mol. The number of nitrogens with zero attached hydrogens (tertiary/aromatic N) is 2. The molecule has 0 aromatic heterocycles. The fraction of sp³-hybridized carbons (Fsp3) is 0.278. The second-order valence-electron chi connectivity index (χ2n) is 5.73. The lowest BCUT2D eigenvalue weighted by molar-refractivity contribution is 0.315.